The summed E-state index contributed by atoms with van der Waals surface area (Å²) >= 11 is 0. The highest BCUT2D eigenvalue weighted by Gasteiger charge is 2.21. The van der Waals surface area contributed by atoms with Crippen molar-refractivity contribution in [2.75, 3.05) is 39.3 Å². The van der Waals surface area contributed by atoms with E-state index in [0.29, 0.717) is 12.2 Å². The molecule has 1 aromatic carbocycles. The molecule has 0 bridgehead atoms. The van der Waals surface area contributed by atoms with E-state index in [1.165, 1.54) is 11.1 Å². The molecule has 3 rings (SSSR count). The lowest BCUT2D eigenvalue weighted by atomic mass is 9.99. The van der Waals surface area contributed by atoms with Crippen molar-refractivity contribution in [2.45, 2.75) is 32.7 Å². The number of anilines is 1. The van der Waals surface area contributed by atoms with E-state index in [4.69, 9.17) is 9.47 Å². The summed E-state index contributed by atoms with van der Waals surface area (Å²) in [5.74, 6) is 2.16. The van der Waals surface area contributed by atoms with Crippen molar-refractivity contribution in [2.24, 2.45) is 0 Å². The van der Waals surface area contributed by atoms with Crippen LogP contribution in [-0.4, -0.2) is 55.1 Å². The smallest absolute Gasteiger partial charge is 0.273 e. The number of hydrogen-bond donors (Lipinski definition) is 0. The number of methoxy groups -OCH3 is 2. The van der Waals surface area contributed by atoms with Gasteiger partial charge in [-0.2, -0.15) is 0 Å². The van der Waals surface area contributed by atoms with Crippen molar-refractivity contribution in [1.82, 2.24) is 14.9 Å². The summed E-state index contributed by atoms with van der Waals surface area (Å²) in [5, 5.41) is 0. The van der Waals surface area contributed by atoms with Gasteiger partial charge in [0, 0.05) is 26.7 Å². The van der Waals surface area contributed by atoms with E-state index < -0.39 is 0 Å². The normalized spacial score (nSPS) is 13.1. The van der Waals surface area contributed by atoms with E-state index in [2.05, 4.69) is 21.8 Å². The SMILES string of the molecule is CCCCN(C)C(=O)c1cnc(N2CCc3cc(OC)c(OC)cc3C2)cn1. The fourth-order valence-electron chi connectivity index (χ4n) is 3.37. The highest BCUT2D eigenvalue weighted by atomic mass is 16.5. The number of ether oxygens (including phenoxy) is 2. The fraction of sp³-hybridized carbons (Fsp3) is 0.476. The zero-order valence-corrected chi connectivity index (χ0v) is 17.1. The van der Waals surface area contributed by atoms with Crippen molar-refractivity contribution in [3.05, 3.63) is 41.3 Å². The number of hydrogen-bond acceptors (Lipinski definition) is 6. The molecule has 1 aliphatic rings. The first-order valence-electron chi connectivity index (χ1n) is 9.63. The second kappa shape index (κ2) is 8.91. The molecule has 0 unspecified atom stereocenters. The molecule has 2 heterocycles. The number of aromatic nitrogens is 2. The Labute approximate surface area is 166 Å². The maximum absolute atomic E-state index is 12.4. The molecule has 0 N–H and O–H groups in total. The van der Waals surface area contributed by atoms with E-state index >= 15 is 0 Å². The minimum absolute atomic E-state index is 0.0895. The van der Waals surface area contributed by atoms with Crippen LogP contribution in [0.2, 0.25) is 0 Å². The second-order valence-electron chi connectivity index (χ2n) is 6.99. The zero-order valence-electron chi connectivity index (χ0n) is 17.1. The molecule has 7 nitrogen and oxygen atoms in total. The number of nitrogens with zero attached hydrogens (tertiary/aromatic N) is 4. The number of amides is 1. The highest BCUT2D eigenvalue weighted by Crippen LogP contribution is 2.34. The van der Waals surface area contributed by atoms with Gasteiger partial charge in [0.25, 0.3) is 5.91 Å². The van der Waals surface area contributed by atoms with Gasteiger partial charge in [-0.3, -0.25) is 4.79 Å². The van der Waals surface area contributed by atoms with Crippen LogP contribution in [0.4, 0.5) is 5.82 Å². The standard InChI is InChI=1S/C21H28N4O3/c1-5-6-8-24(2)21(26)17-12-23-20(13-22-17)25-9-7-15-10-18(27-3)19(28-4)11-16(15)14-25/h10-13H,5-9,14H2,1-4H3. The Balaban J connectivity index is 1.73. The number of fused-ring (bicyclic) bond motifs is 1. The van der Waals surface area contributed by atoms with E-state index in [0.717, 1.165) is 49.7 Å². The Hall–Kier alpha value is -2.83. The molecule has 1 aromatic heterocycles. The third-order valence-corrected chi connectivity index (χ3v) is 5.09. The van der Waals surface area contributed by atoms with Gasteiger partial charge in [-0.15, -0.1) is 0 Å². The van der Waals surface area contributed by atoms with Crippen LogP contribution in [-0.2, 0) is 13.0 Å². The molecule has 0 spiro atoms. The molecular formula is C21H28N4O3. The molecule has 0 aliphatic carbocycles. The summed E-state index contributed by atoms with van der Waals surface area (Å²) in [6.07, 6.45) is 6.18. The van der Waals surface area contributed by atoms with Gasteiger partial charge in [0.1, 0.15) is 11.5 Å². The number of benzene rings is 1. The third kappa shape index (κ3) is 4.18. The predicted molar refractivity (Wildman–Crippen MR) is 108 cm³/mol. The fourth-order valence-corrected chi connectivity index (χ4v) is 3.37. The minimum atomic E-state index is -0.0895. The lowest BCUT2D eigenvalue weighted by Crippen LogP contribution is -2.32. The Bertz CT molecular complexity index is 823. The summed E-state index contributed by atoms with van der Waals surface area (Å²) in [6.45, 7) is 4.39. The molecule has 0 fully saturated rings. The second-order valence-corrected chi connectivity index (χ2v) is 6.99. The van der Waals surface area contributed by atoms with Crippen molar-refractivity contribution < 1.29 is 14.3 Å². The van der Waals surface area contributed by atoms with Crippen molar-refractivity contribution >= 4 is 11.7 Å². The van der Waals surface area contributed by atoms with Crippen molar-refractivity contribution in [1.29, 1.82) is 0 Å². The van der Waals surface area contributed by atoms with Crippen LogP contribution in [0.15, 0.2) is 24.5 Å². The first kappa shape index (κ1) is 19.9. The Morgan fingerprint density at radius 2 is 1.86 bits per heavy atom. The van der Waals surface area contributed by atoms with Crippen LogP contribution >= 0.6 is 0 Å². The summed E-state index contributed by atoms with van der Waals surface area (Å²) in [5.41, 5.74) is 2.82. The highest BCUT2D eigenvalue weighted by molar-refractivity contribution is 5.91. The van der Waals surface area contributed by atoms with Gasteiger partial charge in [-0.05, 0) is 36.1 Å². The van der Waals surface area contributed by atoms with Gasteiger partial charge in [0.05, 0.1) is 26.6 Å². The Kier molecular flexibility index (Phi) is 6.34. The molecule has 0 radical (unpaired) electrons. The molecule has 0 saturated heterocycles. The molecular weight excluding hydrogens is 356 g/mol. The van der Waals surface area contributed by atoms with E-state index in [1.54, 1.807) is 38.6 Å². The number of carbonyl (C=O) groups excluding carboxylic acids is 1. The van der Waals surface area contributed by atoms with Gasteiger partial charge in [0.15, 0.2) is 11.5 Å². The molecule has 28 heavy (non-hydrogen) atoms. The minimum Gasteiger partial charge on any atom is -0.493 e. The van der Waals surface area contributed by atoms with E-state index in [9.17, 15) is 4.79 Å². The predicted octanol–water partition coefficient (Wildman–Crippen LogP) is 2.93. The van der Waals surface area contributed by atoms with Crippen LogP contribution < -0.4 is 14.4 Å². The Morgan fingerprint density at radius 3 is 2.46 bits per heavy atom. The largest absolute Gasteiger partial charge is 0.493 e. The first-order valence-corrected chi connectivity index (χ1v) is 9.63. The van der Waals surface area contributed by atoms with E-state index in [1.807, 2.05) is 12.1 Å². The maximum Gasteiger partial charge on any atom is 0.273 e. The molecule has 0 saturated carbocycles. The van der Waals surface area contributed by atoms with Crippen molar-refractivity contribution in [3.8, 4) is 11.5 Å². The number of rotatable bonds is 7. The van der Waals surface area contributed by atoms with Crippen LogP contribution in [0.1, 0.15) is 41.4 Å². The molecule has 1 amide bonds. The average molecular weight is 384 g/mol. The lowest BCUT2D eigenvalue weighted by molar-refractivity contribution is 0.0787. The van der Waals surface area contributed by atoms with E-state index in [-0.39, 0.29) is 5.91 Å². The maximum atomic E-state index is 12.4. The summed E-state index contributed by atoms with van der Waals surface area (Å²) in [6, 6.07) is 4.07. The van der Waals surface area contributed by atoms with Gasteiger partial charge in [-0.25, -0.2) is 9.97 Å². The summed E-state index contributed by atoms with van der Waals surface area (Å²) < 4.78 is 10.8. The molecule has 150 valence electrons. The van der Waals surface area contributed by atoms with Gasteiger partial charge >= 0.3 is 0 Å². The van der Waals surface area contributed by atoms with Crippen LogP contribution in [0.3, 0.4) is 0 Å². The van der Waals surface area contributed by atoms with Crippen LogP contribution in [0, 0.1) is 0 Å². The summed E-state index contributed by atoms with van der Waals surface area (Å²) in [7, 11) is 5.10. The Morgan fingerprint density at radius 1 is 1.14 bits per heavy atom. The third-order valence-electron chi connectivity index (χ3n) is 5.09. The van der Waals surface area contributed by atoms with Gasteiger partial charge in [-0.1, -0.05) is 13.3 Å². The molecule has 2 aromatic rings. The van der Waals surface area contributed by atoms with Crippen LogP contribution in [0.5, 0.6) is 11.5 Å². The quantitative estimate of drug-likeness (QED) is 0.731. The van der Waals surface area contributed by atoms with Gasteiger partial charge < -0.3 is 19.3 Å². The first-order chi connectivity index (χ1) is 13.6. The zero-order chi connectivity index (χ0) is 20.1. The summed E-state index contributed by atoms with van der Waals surface area (Å²) in [4.78, 5) is 25.1. The molecule has 1 aliphatic heterocycles. The monoisotopic (exact) mass is 384 g/mol. The topological polar surface area (TPSA) is 67.8 Å². The van der Waals surface area contributed by atoms with Crippen LogP contribution in [0.25, 0.3) is 0 Å². The molecule has 7 heteroatoms. The van der Waals surface area contributed by atoms with Crippen molar-refractivity contribution in [3.63, 3.8) is 0 Å². The molecule has 0 atom stereocenters. The number of unbranched alkanes of at least 4 members (excludes halogenated alkanes) is 1. The lowest BCUT2D eigenvalue weighted by Gasteiger charge is -2.30. The number of carbonyl (C=O) groups is 1. The average Bonchev–Trinajstić information content (AvgIpc) is 2.75. The van der Waals surface area contributed by atoms with Gasteiger partial charge in [0.2, 0.25) is 0 Å².